The molecular formula is C14H13NO2V. The van der Waals surface area contributed by atoms with Crippen LogP contribution in [0.25, 0.3) is 0 Å². The zero-order chi connectivity index (χ0) is 13.4. The van der Waals surface area contributed by atoms with Crippen molar-refractivity contribution in [3.05, 3.63) is 59.7 Å². The molecule has 0 saturated carbocycles. The number of hydrogen-bond acceptors (Lipinski definition) is 3. The van der Waals surface area contributed by atoms with Gasteiger partial charge in [0.2, 0.25) is 0 Å². The molecule has 0 spiro atoms. The van der Waals surface area contributed by atoms with Gasteiger partial charge in [0.25, 0.3) is 0 Å². The Labute approximate surface area is 115 Å². The van der Waals surface area contributed by atoms with E-state index < -0.39 is 0 Å². The Balaban J connectivity index is 0.000000771. The Bertz CT molecular complexity index is 527. The van der Waals surface area contributed by atoms with E-state index in [0.717, 1.165) is 34.2 Å². The number of benzene rings is 2. The maximum absolute atomic E-state index is 9.62. The summed E-state index contributed by atoms with van der Waals surface area (Å²) in [6.45, 7) is 1.99. The van der Waals surface area contributed by atoms with Crippen LogP contribution in [0.1, 0.15) is 11.1 Å². The normalized spacial score (nSPS) is 9.78. The number of phenols is 1. The minimum absolute atomic E-state index is 0.255. The number of hydrogen-bond donors (Lipinski definition) is 1. The summed E-state index contributed by atoms with van der Waals surface area (Å²) in [7, 11) is 0. The van der Waals surface area contributed by atoms with Gasteiger partial charge in [0.1, 0.15) is 5.75 Å². The van der Waals surface area contributed by atoms with Crippen molar-refractivity contribution >= 4 is 11.9 Å². The number of para-hydroxylation sites is 1. The van der Waals surface area contributed by atoms with Gasteiger partial charge in [-0.25, -0.2) is 0 Å². The van der Waals surface area contributed by atoms with E-state index in [1.54, 1.807) is 12.3 Å². The average molecular weight is 278 g/mol. The Morgan fingerprint density at radius 3 is 2.44 bits per heavy atom. The molecule has 0 aromatic heterocycles. The van der Waals surface area contributed by atoms with Gasteiger partial charge < -0.3 is 5.11 Å². The van der Waals surface area contributed by atoms with Crippen LogP contribution in [-0.4, -0.2) is 11.3 Å². The van der Waals surface area contributed by atoms with Crippen molar-refractivity contribution in [2.45, 2.75) is 6.92 Å². The van der Waals surface area contributed by atoms with E-state index in [2.05, 4.69) is 4.99 Å². The third kappa shape index (κ3) is 4.28. The summed E-state index contributed by atoms with van der Waals surface area (Å²) in [5.74, 6) is 0.255. The summed E-state index contributed by atoms with van der Waals surface area (Å²) in [6, 6.07) is 15.1. The summed E-state index contributed by atoms with van der Waals surface area (Å²) in [5.41, 5.74) is 2.72. The number of aliphatic imine (C=N–C) groups is 1. The predicted octanol–water partition coefficient (Wildman–Crippen LogP) is 3.33. The summed E-state index contributed by atoms with van der Waals surface area (Å²) >= 11 is 1.06. The van der Waals surface area contributed by atoms with Gasteiger partial charge >= 0.3 is 21.0 Å². The molecular weight excluding hydrogens is 265 g/mol. The zero-order valence-electron chi connectivity index (χ0n) is 9.95. The number of rotatable bonds is 2. The summed E-state index contributed by atoms with van der Waals surface area (Å²) < 4.78 is 8.19. The number of phenolic OH excluding ortho intramolecular Hbond substituents is 1. The van der Waals surface area contributed by atoms with Crippen LogP contribution in [0.2, 0.25) is 0 Å². The number of aromatic hydroxyl groups is 1. The van der Waals surface area contributed by atoms with Gasteiger partial charge in [-0.1, -0.05) is 29.8 Å². The SMILES string of the molecule is Cc1ccc(O)c(C=Nc2ccccc2)c1.[O]=[V]. The van der Waals surface area contributed by atoms with Gasteiger partial charge in [0, 0.05) is 11.8 Å². The van der Waals surface area contributed by atoms with Gasteiger partial charge in [0.15, 0.2) is 0 Å². The molecule has 18 heavy (non-hydrogen) atoms. The molecule has 0 heterocycles. The molecule has 2 aromatic rings. The second-order valence-electron chi connectivity index (χ2n) is 3.66. The van der Waals surface area contributed by atoms with Crippen molar-refractivity contribution in [3.8, 4) is 5.75 Å². The first-order valence-corrected chi connectivity index (χ1v) is 5.90. The van der Waals surface area contributed by atoms with Crippen LogP contribution >= 0.6 is 0 Å². The van der Waals surface area contributed by atoms with E-state index >= 15 is 0 Å². The second kappa shape index (κ2) is 7.59. The topological polar surface area (TPSA) is 49.7 Å². The molecule has 0 amide bonds. The summed E-state index contributed by atoms with van der Waals surface area (Å²) in [5, 5.41) is 9.62. The van der Waals surface area contributed by atoms with Crippen molar-refractivity contribution in [1.29, 1.82) is 0 Å². The van der Waals surface area contributed by atoms with Crippen LogP contribution in [0.15, 0.2) is 53.5 Å². The molecule has 4 heteroatoms. The van der Waals surface area contributed by atoms with Crippen molar-refractivity contribution in [1.82, 2.24) is 0 Å². The first kappa shape index (κ1) is 14.4. The second-order valence-corrected chi connectivity index (χ2v) is 3.66. The first-order valence-electron chi connectivity index (χ1n) is 5.33. The molecule has 0 fully saturated rings. The van der Waals surface area contributed by atoms with Crippen molar-refractivity contribution in [2.75, 3.05) is 0 Å². The van der Waals surface area contributed by atoms with Crippen LogP contribution < -0.4 is 0 Å². The van der Waals surface area contributed by atoms with E-state index in [0.29, 0.717) is 0 Å². The van der Waals surface area contributed by atoms with Crippen LogP contribution in [0.5, 0.6) is 5.75 Å². The van der Waals surface area contributed by atoms with Crippen molar-refractivity contribution in [3.63, 3.8) is 0 Å². The predicted molar refractivity (Wildman–Crippen MR) is 67.2 cm³/mol. The van der Waals surface area contributed by atoms with Crippen LogP contribution in [-0.2, 0) is 21.0 Å². The third-order valence-electron chi connectivity index (χ3n) is 2.29. The average Bonchev–Trinajstić information content (AvgIpc) is 2.43. The van der Waals surface area contributed by atoms with Gasteiger partial charge in [0.05, 0.1) is 5.69 Å². The standard InChI is InChI=1S/C14H13NO.O.V/c1-11-7-8-14(16)12(9-11)10-15-13-5-3-2-4-6-13;;/h2-10,16H,1H3;;. The fourth-order valence-electron chi connectivity index (χ4n) is 1.44. The molecule has 91 valence electrons. The summed E-state index contributed by atoms with van der Waals surface area (Å²) in [4.78, 5) is 4.29. The van der Waals surface area contributed by atoms with Crippen molar-refractivity contribution in [2.24, 2.45) is 4.99 Å². The van der Waals surface area contributed by atoms with Gasteiger partial charge in [-0.3, -0.25) is 4.99 Å². The Kier molecular flexibility index (Phi) is 6.05. The molecule has 0 radical (unpaired) electrons. The molecule has 2 aromatic carbocycles. The van der Waals surface area contributed by atoms with E-state index in [9.17, 15) is 5.11 Å². The van der Waals surface area contributed by atoms with Crippen LogP contribution in [0, 0.1) is 6.92 Å². The molecule has 0 aliphatic carbocycles. The molecule has 1 N–H and O–H groups in total. The third-order valence-corrected chi connectivity index (χ3v) is 2.29. The monoisotopic (exact) mass is 278 g/mol. The Morgan fingerprint density at radius 1 is 1.11 bits per heavy atom. The fourth-order valence-corrected chi connectivity index (χ4v) is 1.44. The molecule has 0 atom stereocenters. The quantitative estimate of drug-likeness (QED) is 0.856. The number of nitrogens with zero attached hydrogens (tertiary/aromatic N) is 1. The van der Waals surface area contributed by atoms with E-state index in [4.69, 9.17) is 3.67 Å². The summed E-state index contributed by atoms with van der Waals surface area (Å²) in [6.07, 6.45) is 1.68. The van der Waals surface area contributed by atoms with Crippen LogP contribution in [0.3, 0.4) is 0 Å². The molecule has 0 aliphatic rings. The molecule has 2 rings (SSSR count). The van der Waals surface area contributed by atoms with E-state index in [1.165, 1.54) is 0 Å². The Hall–Kier alpha value is -1.71. The molecule has 0 unspecified atom stereocenters. The van der Waals surface area contributed by atoms with E-state index in [1.807, 2.05) is 49.4 Å². The van der Waals surface area contributed by atoms with Crippen molar-refractivity contribution < 1.29 is 26.1 Å². The maximum atomic E-state index is 9.62. The Morgan fingerprint density at radius 2 is 1.78 bits per heavy atom. The van der Waals surface area contributed by atoms with Gasteiger partial charge in [-0.15, -0.1) is 0 Å². The molecule has 0 bridgehead atoms. The van der Waals surface area contributed by atoms with Gasteiger partial charge in [-0.05, 0) is 31.2 Å². The van der Waals surface area contributed by atoms with Gasteiger partial charge in [-0.2, -0.15) is 0 Å². The fraction of sp³-hybridized carbons (Fsp3) is 0.0714. The van der Waals surface area contributed by atoms with E-state index in [-0.39, 0.29) is 5.75 Å². The first-order chi connectivity index (χ1) is 8.75. The zero-order valence-corrected chi connectivity index (χ0v) is 11.3. The molecule has 3 nitrogen and oxygen atoms in total. The molecule has 0 saturated heterocycles. The number of aryl methyl sites for hydroxylation is 1. The van der Waals surface area contributed by atoms with Crippen LogP contribution in [0.4, 0.5) is 5.69 Å². The minimum atomic E-state index is 0.255. The molecule has 0 aliphatic heterocycles.